The van der Waals surface area contributed by atoms with Crippen LogP contribution in [0.5, 0.6) is 0 Å². The highest BCUT2D eigenvalue weighted by atomic mass is 16.6. The lowest BCUT2D eigenvalue weighted by Gasteiger charge is -2.07. The number of aliphatic hydroxyl groups excluding tert-OH is 1. The van der Waals surface area contributed by atoms with Crippen LogP contribution in [-0.4, -0.2) is 71.6 Å². The quantitative estimate of drug-likeness (QED) is 0.0530. The first-order valence-electron chi connectivity index (χ1n) is 18.6. The molecule has 4 rings (SSSR count). The number of hydrogen-bond acceptors (Lipinski definition) is 9. The second kappa shape index (κ2) is 33.3. The smallest absolute Gasteiger partial charge is 0.317 e. The second-order valence-corrected chi connectivity index (χ2v) is 11.9. The molecular formula is C48H56O11. The molecule has 0 aliphatic carbocycles. The summed E-state index contributed by atoms with van der Waals surface area (Å²) in [6.07, 6.45) is 7.93. The Morgan fingerprint density at radius 2 is 0.746 bits per heavy atom. The van der Waals surface area contributed by atoms with Crippen molar-refractivity contribution in [2.24, 2.45) is 0 Å². The van der Waals surface area contributed by atoms with Crippen LogP contribution in [0.15, 0.2) is 129 Å². The van der Waals surface area contributed by atoms with Gasteiger partial charge < -0.3 is 29.5 Å². The molecule has 11 heteroatoms. The van der Waals surface area contributed by atoms with E-state index in [2.05, 4.69) is 26.3 Å². The molecule has 0 heterocycles. The van der Waals surface area contributed by atoms with Gasteiger partial charge in [0.1, 0.15) is 12.8 Å². The minimum absolute atomic E-state index is 0.194. The number of rotatable bonds is 17. The Bertz CT molecular complexity index is 1770. The van der Waals surface area contributed by atoms with Crippen molar-refractivity contribution >= 4 is 54.2 Å². The molecule has 0 aromatic heterocycles. The molecule has 0 atom stereocenters. The molecule has 59 heavy (non-hydrogen) atoms. The van der Waals surface area contributed by atoms with Crippen molar-refractivity contribution in [3.63, 3.8) is 0 Å². The number of esters is 3. The standard InChI is InChI=1S/C23H24O4.C13H14O4.C8H8.C2H4O2.C2H6O/c1-3-18-5-9-20(10-6-18)13-15-26-22(24)17-23(25)27-16-14-21-11-7-19(4-2)8-12-21;1-2-10-3-5-11(6-4-10)7-8-17-13(16)9-12(14)15;1-2-8-6-4-3-5-7-8;1-2(3)4;1-2-3/h3-12H,1-2,13-17H2;2-6H,1,7-9H2,(H,14,15);2-7H,1H2;1H3,(H,3,4);3H,2H2,1H3. The van der Waals surface area contributed by atoms with Gasteiger partial charge >= 0.3 is 23.9 Å². The topological polar surface area (TPSA) is 174 Å². The summed E-state index contributed by atoms with van der Waals surface area (Å²) in [5.74, 6) is -3.86. The fourth-order valence-corrected chi connectivity index (χ4v) is 4.29. The molecule has 0 saturated carbocycles. The summed E-state index contributed by atoms with van der Waals surface area (Å²) in [4.78, 5) is 53.5. The van der Waals surface area contributed by atoms with Gasteiger partial charge in [0.25, 0.3) is 5.97 Å². The highest BCUT2D eigenvalue weighted by molar-refractivity contribution is 5.91. The van der Waals surface area contributed by atoms with Gasteiger partial charge in [0, 0.05) is 32.8 Å². The molecule has 0 unspecified atom stereocenters. The van der Waals surface area contributed by atoms with Crippen LogP contribution in [0.4, 0.5) is 0 Å². The lowest BCUT2D eigenvalue weighted by Crippen LogP contribution is -2.16. The number of aliphatic carboxylic acids is 2. The monoisotopic (exact) mass is 808 g/mol. The van der Waals surface area contributed by atoms with E-state index < -0.39 is 36.3 Å². The maximum Gasteiger partial charge on any atom is 0.317 e. The number of carboxylic acid groups (broad SMARTS) is 2. The maximum absolute atomic E-state index is 11.7. The van der Waals surface area contributed by atoms with Gasteiger partial charge in [-0.3, -0.25) is 24.0 Å². The van der Waals surface area contributed by atoms with Crippen LogP contribution in [0.3, 0.4) is 0 Å². The average Bonchev–Trinajstić information content (AvgIpc) is 3.22. The number of aliphatic hydroxyl groups is 1. The SMILES string of the molecule is C=Cc1ccc(CCOC(=O)CC(=O)O)cc1.C=Cc1ccc(CCOC(=O)CC(=O)OCCc2ccc(C=C)cc2)cc1.C=Cc1ccccc1.CC(=O)O.CCO. The molecule has 3 N–H and O–H groups in total. The lowest BCUT2D eigenvalue weighted by molar-refractivity contribution is -0.155. The predicted octanol–water partition coefficient (Wildman–Crippen LogP) is 8.54. The molecule has 0 bridgehead atoms. The van der Waals surface area contributed by atoms with Gasteiger partial charge in [-0.2, -0.15) is 0 Å². The van der Waals surface area contributed by atoms with Gasteiger partial charge in [-0.1, -0.05) is 154 Å². The Kier molecular flexibility index (Phi) is 29.4. The largest absolute Gasteiger partial charge is 0.481 e. The highest BCUT2D eigenvalue weighted by Crippen LogP contribution is 2.09. The maximum atomic E-state index is 11.7. The molecule has 0 aliphatic heterocycles. The van der Waals surface area contributed by atoms with E-state index in [1.807, 2.05) is 109 Å². The van der Waals surface area contributed by atoms with Gasteiger partial charge in [0.15, 0.2) is 0 Å². The van der Waals surface area contributed by atoms with E-state index in [1.165, 1.54) is 5.56 Å². The number of hydrogen-bond donors (Lipinski definition) is 3. The summed E-state index contributed by atoms with van der Waals surface area (Å²) in [7, 11) is 0. The zero-order chi connectivity index (χ0) is 44.3. The minimum atomic E-state index is -1.18. The summed E-state index contributed by atoms with van der Waals surface area (Å²) in [6, 6.07) is 33.3. The Labute approximate surface area is 347 Å². The third-order valence-corrected chi connectivity index (χ3v) is 7.23. The summed E-state index contributed by atoms with van der Waals surface area (Å²) in [5, 5.41) is 23.3. The summed E-state index contributed by atoms with van der Waals surface area (Å²) in [6.45, 7) is 18.4. The molecule has 0 amide bonds. The van der Waals surface area contributed by atoms with E-state index in [9.17, 15) is 19.2 Å². The molecular weight excluding hydrogens is 753 g/mol. The van der Waals surface area contributed by atoms with Crippen LogP contribution in [0.2, 0.25) is 0 Å². The van der Waals surface area contributed by atoms with Gasteiger partial charge in [-0.25, -0.2) is 0 Å². The number of benzene rings is 4. The molecule has 0 aliphatic rings. The molecule has 4 aromatic rings. The van der Waals surface area contributed by atoms with E-state index in [-0.39, 0.29) is 32.8 Å². The van der Waals surface area contributed by atoms with Gasteiger partial charge in [-0.05, 0) is 45.9 Å². The third-order valence-electron chi connectivity index (χ3n) is 7.23. The molecule has 0 radical (unpaired) electrons. The molecule has 314 valence electrons. The number of ether oxygens (including phenoxy) is 3. The van der Waals surface area contributed by atoms with Crippen LogP contribution < -0.4 is 0 Å². The first kappa shape index (κ1) is 52.2. The lowest BCUT2D eigenvalue weighted by atomic mass is 10.1. The van der Waals surface area contributed by atoms with Crippen molar-refractivity contribution in [3.05, 3.63) is 168 Å². The van der Waals surface area contributed by atoms with Crippen LogP contribution in [0.25, 0.3) is 24.3 Å². The molecule has 0 spiro atoms. The Hall–Kier alpha value is -6.85. The first-order valence-corrected chi connectivity index (χ1v) is 18.6. The first-order chi connectivity index (χ1) is 28.3. The highest BCUT2D eigenvalue weighted by Gasteiger charge is 2.12. The summed E-state index contributed by atoms with van der Waals surface area (Å²) >= 11 is 0. The van der Waals surface area contributed by atoms with E-state index in [1.54, 1.807) is 25.2 Å². The molecule has 4 aromatic carbocycles. The van der Waals surface area contributed by atoms with Crippen molar-refractivity contribution in [1.29, 1.82) is 0 Å². The normalized spacial score (nSPS) is 9.27. The third kappa shape index (κ3) is 29.1. The Morgan fingerprint density at radius 3 is 0.983 bits per heavy atom. The summed E-state index contributed by atoms with van der Waals surface area (Å²) in [5.41, 5.74) is 7.41. The fraction of sp³-hybridized carbons (Fsp3) is 0.229. The fourth-order valence-electron chi connectivity index (χ4n) is 4.29. The van der Waals surface area contributed by atoms with Crippen molar-refractivity contribution in [3.8, 4) is 0 Å². The van der Waals surface area contributed by atoms with E-state index in [0.717, 1.165) is 40.3 Å². The zero-order valence-electron chi connectivity index (χ0n) is 33.9. The van der Waals surface area contributed by atoms with E-state index in [4.69, 9.17) is 34.3 Å². The number of carboxylic acids is 2. The number of carbonyl (C=O) groups is 5. The van der Waals surface area contributed by atoms with Crippen LogP contribution in [0.1, 0.15) is 65.6 Å². The Balaban J connectivity index is 0.000000886. The molecule has 0 fully saturated rings. The van der Waals surface area contributed by atoms with Crippen LogP contribution in [0, 0.1) is 0 Å². The van der Waals surface area contributed by atoms with Crippen molar-refractivity contribution in [2.45, 2.75) is 46.0 Å². The predicted molar refractivity (Wildman–Crippen MR) is 233 cm³/mol. The second-order valence-electron chi connectivity index (χ2n) is 11.9. The van der Waals surface area contributed by atoms with Crippen LogP contribution >= 0.6 is 0 Å². The van der Waals surface area contributed by atoms with Crippen molar-refractivity contribution in [2.75, 3.05) is 26.4 Å². The van der Waals surface area contributed by atoms with E-state index >= 15 is 0 Å². The summed E-state index contributed by atoms with van der Waals surface area (Å²) < 4.78 is 15.0. The molecule has 11 nitrogen and oxygen atoms in total. The Morgan fingerprint density at radius 1 is 0.492 bits per heavy atom. The van der Waals surface area contributed by atoms with Crippen molar-refractivity contribution in [1.82, 2.24) is 0 Å². The van der Waals surface area contributed by atoms with E-state index in [0.29, 0.717) is 19.3 Å². The number of carbonyl (C=O) groups excluding carboxylic acids is 3. The van der Waals surface area contributed by atoms with Crippen molar-refractivity contribution < 1.29 is 53.5 Å². The van der Waals surface area contributed by atoms with Gasteiger partial charge in [0.2, 0.25) is 0 Å². The zero-order valence-corrected chi connectivity index (χ0v) is 33.9. The van der Waals surface area contributed by atoms with Crippen LogP contribution in [-0.2, 0) is 57.4 Å². The minimum Gasteiger partial charge on any atom is -0.481 e. The van der Waals surface area contributed by atoms with Gasteiger partial charge in [-0.15, -0.1) is 0 Å². The average molecular weight is 809 g/mol. The molecule has 0 saturated heterocycles. The van der Waals surface area contributed by atoms with Gasteiger partial charge in [0.05, 0.1) is 19.8 Å².